The zero-order valence-electron chi connectivity index (χ0n) is 17.7. The van der Waals surface area contributed by atoms with Gasteiger partial charge in [0.25, 0.3) is 0 Å². The molecule has 1 amide bonds. The van der Waals surface area contributed by atoms with Gasteiger partial charge in [0, 0.05) is 12.0 Å². The van der Waals surface area contributed by atoms with Crippen LogP contribution in [0.15, 0.2) is 18.2 Å². The molecule has 0 spiro atoms. The second-order valence-electron chi connectivity index (χ2n) is 9.04. The Bertz CT molecular complexity index is 662. The van der Waals surface area contributed by atoms with Crippen molar-refractivity contribution in [3.8, 4) is 11.5 Å². The number of rotatable bonds is 7. The molecule has 0 aliphatic heterocycles. The zero-order valence-corrected chi connectivity index (χ0v) is 17.7. The largest absolute Gasteiger partial charge is 0.493 e. The molecule has 3 N–H and O–H groups in total. The molecule has 0 heterocycles. The molecule has 5 nitrogen and oxygen atoms in total. The molecule has 156 valence electrons. The Morgan fingerprint density at radius 2 is 1.86 bits per heavy atom. The van der Waals surface area contributed by atoms with Crippen molar-refractivity contribution < 1.29 is 14.3 Å². The van der Waals surface area contributed by atoms with Crippen molar-refractivity contribution in [2.24, 2.45) is 29.4 Å². The van der Waals surface area contributed by atoms with Gasteiger partial charge in [-0.2, -0.15) is 0 Å². The maximum Gasteiger partial charge on any atom is 0.223 e. The fourth-order valence-electron chi connectivity index (χ4n) is 4.75. The standard InChI is InChI=1S/C23H36N2O3/c1-14(2)13-28-20-9-8-16(12-21(20)27-4)15(3)25-23(26)19-10-17-6-5-7-18(11-19)22(17)24/h8-9,12,14-15,17-19,22H,5-7,10-11,13,24H2,1-4H3,(H,25,26). The van der Waals surface area contributed by atoms with E-state index in [0.29, 0.717) is 30.1 Å². The summed E-state index contributed by atoms with van der Waals surface area (Å²) in [6.45, 7) is 6.90. The molecule has 0 saturated heterocycles. The van der Waals surface area contributed by atoms with E-state index >= 15 is 0 Å². The minimum Gasteiger partial charge on any atom is -0.493 e. The summed E-state index contributed by atoms with van der Waals surface area (Å²) in [4.78, 5) is 12.9. The minimum absolute atomic E-state index is 0.0732. The molecule has 2 fully saturated rings. The lowest BCUT2D eigenvalue weighted by atomic mass is 9.65. The summed E-state index contributed by atoms with van der Waals surface area (Å²) >= 11 is 0. The first kappa shape index (κ1) is 21.0. The van der Waals surface area contributed by atoms with Crippen LogP contribution in [-0.4, -0.2) is 25.7 Å². The van der Waals surface area contributed by atoms with Gasteiger partial charge in [0.1, 0.15) is 0 Å². The Hall–Kier alpha value is -1.75. The van der Waals surface area contributed by atoms with Crippen molar-refractivity contribution in [2.75, 3.05) is 13.7 Å². The number of hydrogen-bond acceptors (Lipinski definition) is 4. The number of fused-ring (bicyclic) bond motifs is 2. The smallest absolute Gasteiger partial charge is 0.223 e. The van der Waals surface area contributed by atoms with Crippen LogP contribution < -0.4 is 20.5 Å². The van der Waals surface area contributed by atoms with E-state index in [9.17, 15) is 4.79 Å². The van der Waals surface area contributed by atoms with E-state index < -0.39 is 0 Å². The average Bonchev–Trinajstić information content (AvgIpc) is 2.65. The van der Waals surface area contributed by atoms with E-state index in [0.717, 1.165) is 24.2 Å². The number of amides is 1. The molecule has 2 aliphatic rings. The van der Waals surface area contributed by atoms with Gasteiger partial charge in [-0.1, -0.05) is 26.3 Å². The number of methoxy groups -OCH3 is 1. The van der Waals surface area contributed by atoms with E-state index in [4.69, 9.17) is 15.2 Å². The van der Waals surface area contributed by atoms with E-state index in [-0.39, 0.29) is 23.9 Å². The van der Waals surface area contributed by atoms with Crippen LogP contribution in [0, 0.1) is 23.7 Å². The van der Waals surface area contributed by atoms with E-state index in [1.54, 1.807) is 7.11 Å². The molecule has 0 aromatic heterocycles. The van der Waals surface area contributed by atoms with Gasteiger partial charge in [-0.3, -0.25) is 4.79 Å². The highest BCUT2D eigenvalue weighted by molar-refractivity contribution is 5.79. The molecule has 28 heavy (non-hydrogen) atoms. The summed E-state index contributed by atoms with van der Waals surface area (Å²) < 4.78 is 11.3. The van der Waals surface area contributed by atoms with Gasteiger partial charge in [-0.25, -0.2) is 0 Å². The van der Waals surface area contributed by atoms with Crippen molar-refractivity contribution >= 4 is 5.91 Å². The summed E-state index contributed by atoms with van der Waals surface area (Å²) in [6, 6.07) is 6.12. The third-order valence-electron chi connectivity index (χ3n) is 6.40. The first-order chi connectivity index (χ1) is 13.4. The molecule has 5 heteroatoms. The Morgan fingerprint density at radius 3 is 2.46 bits per heavy atom. The lowest BCUT2D eigenvalue weighted by Crippen LogP contribution is -2.49. The zero-order chi connectivity index (χ0) is 20.3. The fourth-order valence-corrected chi connectivity index (χ4v) is 4.75. The summed E-state index contributed by atoms with van der Waals surface area (Å²) in [7, 11) is 1.65. The third-order valence-corrected chi connectivity index (χ3v) is 6.40. The van der Waals surface area contributed by atoms with Gasteiger partial charge in [-0.05, 0) is 68.1 Å². The number of carbonyl (C=O) groups is 1. The molecule has 3 unspecified atom stereocenters. The van der Waals surface area contributed by atoms with Crippen molar-refractivity contribution in [1.29, 1.82) is 0 Å². The topological polar surface area (TPSA) is 73.6 Å². The molecule has 2 saturated carbocycles. The molecule has 1 aromatic carbocycles. The maximum absolute atomic E-state index is 12.9. The lowest BCUT2D eigenvalue weighted by Gasteiger charge is -2.43. The van der Waals surface area contributed by atoms with Crippen molar-refractivity contribution in [3.63, 3.8) is 0 Å². The molecular formula is C23H36N2O3. The molecular weight excluding hydrogens is 352 g/mol. The van der Waals surface area contributed by atoms with Crippen LogP contribution in [0.1, 0.15) is 64.5 Å². The molecule has 2 aliphatic carbocycles. The molecule has 1 aromatic rings. The molecule has 2 bridgehead atoms. The number of ether oxygens (including phenoxy) is 2. The summed E-state index contributed by atoms with van der Waals surface area (Å²) in [6.07, 6.45) is 5.47. The summed E-state index contributed by atoms with van der Waals surface area (Å²) in [5.74, 6) is 3.17. The van der Waals surface area contributed by atoms with Crippen LogP contribution in [0.25, 0.3) is 0 Å². The highest BCUT2D eigenvalue weighted by atomic mass is 16.5. The van der Waals surface area contributed by atoms with Crippen LogP contribution in [-0.2, 0) is 4.79 Å². The first-order valence-electron chi connectivity index (χ1n) is 10.8. The number of hydrogen-bond donors (Lipinski definition) is 2. The monoisotopic (exact) mass is 388 g/mol. The predicted molar refractivity (Wildman–Crippen MR) is 111 cm³/mol. The number of carbonyl (C=O) groups excluding carboxylic acids is 1. The van der Waals surface area contributed by atoms with Crippen molar-refractivity contribution in [3.05, 3.63) is 23.8 Å². The molecule has 3 atom stereocenters. The first-order valence-corrected chi connectivity index (χ1v) is 10.8. The van der Waals surface area contributed by atoms with E-state index in [1.165, 1.54) is 19.3 Å². The van der Waals surface area contributed by atoms with Crippen molar-refractivity contribution in [2.45, 2.75) is 65.0 Å². The number of benzene rings is 1. The maximum atomic E-state index is 12.9. The van der Waals surface area contributed by atoms with Crippen LogP contribution in [0.5, 0.6) is 11.5 Å². The lowest BCUT2D eigenvalue weighted by molar-refractivity contribution is -0.128. The van der Waals surface area contributed by atoms with Crippen LogP contribution in [0.3, 0.4) is 0 Å². The summed E-state index contributed by atoms with van der Waals surface area (Å²) in [5.41, 5.74) is 7.39. The molecule has 3 rings (SSSR count). The quantitative estimate of drug-likeness (QED) is 0.739. The van der Waals surface area contributed by atoms with Crippen LogP contribution >= 0.6 is 0 Å². The number of nitrogens with one attached hydrogen (secondary N) is 1. The van der Waals surface area contributed by atoms with Gasteiger partial charge in [0.15, 0.2) is 11.5 Å². The third kappa shape index (κ3) is 4.80. The van der Waals surface area contributed by atoms with Gasteiger partial charge in [-0.15, -0.1) is 0 Å². The highest BCUT2D eigenvalue weighted by Crippen LogP contribution is 2.42. The Kier molecular flexibility index (Phi) is 6.86. The van der Waals surface area contributed by atoms with Gasteiger partial charge in [0.05, 0.1) is 19.8 Å². The normalized spacial score (nSPS) is 27.9. The minimum atomic E-state index is -0.0732. The van der Waals surface area contributed by atoms with Gasteiger partial charge < -0.3 is 20.5 Å². The second kappa shape index (κ2) is 9.17. The van der Waals surface area contributed by atoms with Gasteiger partial charge >= 0.3 is 0 Å². The SMILES string of the molecule is COc1cc(C(C)NC(=O)C2CC3CCCC(C2)C3N)ccc1OCC(C)C. The average molecular weight is 389 g/mol. The fraction of sp³-hybridized carbons (Fsp3) is 0.696. The highest BCUT2D eigenvalue weighted by Gasteiger charge is 2.40. The predicted octanol–water partition coefficient (Wildman–Crippen LogP) is 4.06. The molecule has 0 radical (unpaired) electrons. The Balaban J connectivity index is 1.62. The van der Waals surface area contributed by atoms with Crippen LogP contribution in [0.4, 0.5) is 0 Å². The summed E-state index contributed by atoms with van der Waals surface area (Å²) in [5, 5.41) is 3.21. The Morgan fingerprint density at radius 1 is 1.18 bits per heavy atom. The second-order valence-corrected chi connectivity index (χ2v) is 9.04. The number of nitrogens with two attached hydrogens (primary N) is 1. The Labute approximate surface area is 169 Å². The van der Waals surface area contributed by atoms with Crippen molar-refractivity contribution in [1.82, 2.24) is 5.32 Å². The van der Waals surface area contributed by atoms with Gasteiger partial charge in [0.2, 0.25) is 5.91 Å². The van der Waals surface area contributed by atoms with E-state index in [2.05, 4.69) is 19.2 Å². The van der Waals surface area contributed by atoms with Crippen LogP contribution in [0.2, 0.25) is 0 Å². The van der Waals surface area contributed by atoms with E-state index in [1.807, 2.05) is 25.1 Å².